The molecule has 0 aromatic rings. The average Bonchev–Trinajstić information content (AvgIpc) is 2.52. The highest BCUT2D eigenvalue weighted by Gasteiger charge is 2.43. The average molecular weight is 171 g/mol. The van der Waals surface area contributed by atoms with Crippen LogP contribution in [0.3, 0.4) is 0 Å². The molecule has 68 valence electrons. The lowest BCUT2D eigenvalue weighted by Crippen LogP contribution is -2.45. The number of amidine groups is 1. The van der Waals surface area contributed by atoms with Crippen molar-refractivity contribution in [2.24, 2.45) is 22.0 Å². The van der Waals surface area contributed by atoms with Crippen LogP contribution >= 0.6 is 0 Å². The number of carbonyl (C=O) groups excluding carboxylic acids is 1. The minimum absolute atomic E-state index is 0.0486. The molecular formula is C7H13N3O2. The lowest BCUT2D eigenvalue weighted by Gasteiger charge is -2.22. The summed E-state index contributed by atoms with van der Waals surface area (Å²) in [6.07, 6.45) is 2.99. The Hall–Kier alpha value is -1.26. The molecule has 0 bridgehead atoms. The summed E-state index contributed by atoms with van der Waals surface area (Å²) in [5.74, 6) is -0.539. The van der Waals surface area contributed by atoms with Crippen LogP contribution in [0.15, 0.2) is 5.16 Å². The molecule has 12 heavy (non-hydrogen) atoms. The van der Waals surface area contributed by atoms with E-state index in [0.29, 0.717) is 12.8 Å². The maximum atomic E-state index is 11.1. The van der Waals surface area contributed by atoms with E-state index >= 15 is 0 Å². The van der Waals surface area contributed by atoms with Gasteiger partial charge in [0.25, 0.3) is 0 Å². The van der Waals surface area contributed by atoms with Crippen LogP contribution in [-0.4, -0.2) is 17.0 Å². The quantitative estimate of drug-likeness (QED) is 0.231. The number of oxime groups is 1. The van der Waals surface area contributed by atoms with Crippen LogP contribution in [0, 0.1) is 5.41 Å². The molecule has 5 N–H and O–H groups in total. The third-order valence-corrected chi connectivity index (χ3v) is 2.53. The SMILES string of the molecule is NC(=O)C1(/C(N)=N/O)CCCC1. The van der Waals surface area contributed by atoms with Crippen molar-refractivity contribution in [3.05, 3.63) is 0 Å². The molecule has 1 rings (SSSR count). The first kappa shape index (κ1) is 8.83. The van der Waals surface area contributed by atoms with Gasteiger partial charge in [0.1, 0.15) is 5.41 Å². The highest BCUT2D eigenvalue weighted by molar-refractivity contribution is 6.06. The molecule has 1 saturated carbocycles. The Morgan fingerprint density at radius 2 is 1.83 bits per heavy atom. The van der Waals surface area contributed by atoms with Gasteiger partial charge in [0.05, 0.1) is 0 Å². The standard InChI is InChI=1S/C7H13N3O2/c8-5(10-12)7(6(9)11)3-1-2-4-7/h12H,1-4H2,(H2,8,10)(H2,9,11). The Bertz CT molecular complexity index is 219. The van der Waals surface area contributed by atoms with Crippen LogP contribution in [0.5, 0.6) is 0 Å². The highest BCUT2D eigenvalue weighted by atomic mass is 16.4. The summed E-state index contributed by atoms with van der Waals surface area (Å²) in [6.45, 7) is 0. The minimum Gasteiger partial charge on any atom is -0.409 e. The summed E-state index contributed by atoms with van der Waals surface area (Å²) in [5.41, 5.74) is 9.73. The Morgan fingerprint density at radius 3 is 2.17 bits per heavy atom. The predicted molar refractivity (Wildman–Crippen MR) is 43.5 cm³/mol. The van der Waals surface area contributed by atoms with Crippen LogP contribution in [0.4, 0.5) is 0 Å². The van der Waals surface area contributed by atoms with E-state index in [9.17, 15) is 4.79 Å². The first-order valence-corrected chi connectivity index (χ1v) is 3.91. The monoisotopic (exact) mass is 171 g/mol. The lowest BCUT2D eigenvalue weighted by atomic mass is 9.84. The second-order valence-electron chi connectivity index (χ2n) is 3.14. The number of nitrogens with two attached hydrogens (primary N) is 2. The van der Waals surface area contributed by atoms with Gasteiger partial charge in [-0.25, -0.2) is 0 Å². The normalized spacial score (nSPS) is 22.5. The van der Waals surface area contributed by atoms with E-state index in [2.05, 4.69) is 5.16 Å². The van der Waals surface area contributed by atoms with E-state index in [0.717, 1.165) is 12.8 Å². The van der Waals surface area contributed by atoms with Crippen LogP contribution < -0.4 is 11.5 Å². The number of hydrogen-bond donors (Lipinski definition) is 3. The summed E-state index contributed by atoms with van der Waals surface area (Å²) in [7, 11) is 0. The maximum absolute atomic E-state index is 11.1. The van der Waals surface area contributed by atoms with Gasteiger partial charge in [-0.15, -0.1) is 0 Å². The zero-order valence-electron chi connectivity index (χ0n) is 6.79. The highest BCUT2D eigenvalue weighted by Crippen LogP contribution is 2.37. The minimum atomic E-state index is -0.880. The van der Waals surface area contributed by atoms with E-state index in [1.165, 1.54) is 0 Å². The second kappa shape index (κ2) is 3.00. The van der Waals surface area contributed by atoms with E-state index in [1.54, 1.807) is 0 Å². The van der Waals surface area contributed by atoms with Gasteiger partial charge >= 0.3 is 0 Å². The van der Waals surface area contributed by atoms with E-state index in [4.69, 9.17) is 16.7 Å². The van der Waals surface area contributed by atoms with Crippen molar-refractivity contribution in [1.82, 2.24) is 0 Å². The molecule has 0 unspecified atom stereocenters. The number of amides is 1. The lowest BCUT2D eigenvalue weighted by molar-refractivity contribution is -0.124. The van der Waals surface area contributed by atoms with Gasteiger partial charge in [0.2, 0.25) is 5.91 Å². The van der Waals surface area contributed by atoms with Crippen molar-refractivity contribution in [3.8, 4) is 0 Å². The molecule has 1 aliphatic carbocycles. The van der Waals surface area contributed by atoms with Crippen molar-refractivity contribution in [3.63, 3.8) is 0 Å². The summed E-state index contributed by atoms with van der Waals surface area (Å²) in [4.78, 5) is 11.1. The fourth-order valence-electron chi connectivity index (χ4n) is 1.70. The van der Waals surface area contributed by atoms with Crippen molar-refractivity contribution in [1.29, 1.82) is 0 Å². The smallest absolute Gasteiger partial charge is 0.231 e. The van der Waals surface area contributed by atoms with Gasteiger partial charge in [-0.1, -0.05) is 18.0 Å². The first-order valence-electron chi connectivity index (χ1n) is 3.91. The number of primary amides is 1. The number of rotatable bonds is 2. The third-order valence-electron chi connectivity index (χ3n) is 2.53. The molecule has 0 heterocycles. The Labute approximate surface area is 70.4 Å². The van der Waals surface area contributed by atoms with Crippen LogP contribution in [0.1, 0.15) is 25.7 Å². The van der Waals surface area contributed by atoms with E-state index in [-0.39, 0.29) is 5.84 Å². The zero-order chi connectivity index (χ0) is 9.19. The van der Waals surface area contributed by atoms with Gasteiger partial charge in [-0.05, 0) is 12.8 Å². The van der Waals surface area contributed by atoms with E-state index in [1.807, 2.05) is 0 Å². The summed E-state index contributed by atoms with van der Waals surface area (Å²) in [6, 6.07) is 0. The van der Waals surface area contributed by atoms with Crippen LogP contribution in [-0.2, 0) is 4.79 Å². The summed E-state index contributed by atoms with van der Waals surface area (Å²) in [5, 5.41) is 11.3. The van der Waals surface area contributed by atoms with Crippen LogP contribution in [0.25, 0.3) is 0 Å². The number of nitrogens with zero attached hydrogens (tertiary/aromatic N) is 1. The maximum Gasteiger partial charge on any atom is 0.231 e. The van der Waals surface area contributed by atoms with Gasteiger partial charge in [0.15, 0.2) is 5.84 Å². The molecule has 5 heteroatoms. The summed E-state index contributed by atoms with van der Waals surface area (Å²) < 4.78 is 0. The van der Waals surface area contributed by atoms with E-state index < -0.39 is 11.3 Å². The molecule has 0 aliphatic heterocycles. The molecule has 1 amide bonds. The molecule has 1 fully saturated rings. The molecule has 0 atom stereocenters. The number of carbonyl (C=O) groups is 1. The van der Waals surface area contributed by atoms with Gasteiger partial charge in [0, 0.05) is 0 Å². The van der Waals surface area contributed by atoms with Gasteiger partial charge in [-0.2, -0.15) is 0 Å². The topological polar surface area (TPSA) is 102 Å². The van der Waals surface area contributed by atoms with Crippen molar-refractivity contribution >= 4 is 11.7 Å². The second-order valence-corrected chi connectivity index (χ2v) is 3.14. The Kier molecular flexibility index (Phi) is 2.21. The molecule has 0 spiro atoms. The molecular weight excluding hydrogens is 158 g/mol. The van der Waals surface area contributed by atoms with Crippen LogP contribution in [0.2, 0.25) is 0 Å². The third kappa shape index (κ3) is 1.11. The van der Waals surface area contributed by atoms with Crippen molar-refractivity contribution in [2.45, 2.75) is 25.7 Å². The Balaban J connectivity index is 2.94. The molecule has 5 nitrogen and oxygen atoms in total. The molecule has 0 aromatic heterocycles. The zero-order valence-corrected chi connectivity index (χ0v) is 6.79. The Morgan fingerprint density at radius 1 is 1.33 bits per heavy atom. The first-order chi connectivity index (χ1) is 5.63. The largest absolute Gasteiger partial charge is 0.409 e. The number of hydrogen-bond acceptors (Lipinski definition) is 3. The van der Waals surface area contributed by atoms with Crippen molar-refractivity contribution in [2.75, 3.05) is 0 Å². The fraction of sp³-hybridized carbons (Fsp3) is 0.714. The predicted octanol–water partition coefficient (Wildman–Crippen LogP) is -0.222. The summed E-state index contributed by atoms with van der Waals surface area (Å²) >= 11 is 0. The molecule has 0 aromatic carbocycles. The van der Waals surface area contributed by atoms with Gasteiger partial charge in [-0.3, -0.25) is 4.79 Å². The van der Waals surface area contributed by atoms with Gasteiger partial charge < -0.3 is 16.7 Å². The molecule has 0 saturated heterocycles. The molecule has 1 aliphatic rings. The van der Waals surface area contributed by atoms with Crippen molar-refractivity contribution < 1.29 is 10.0 Å². The molecule has 0 radical (unpaired) electrons. The fourth-order valence-corrected chi connectivity index (χ4v) is 1.70.